The fraction of sp³-hybridized carbons (Fsp3) is 0.227. The summed E-state index contributed by atoms with van der Waals surface area (Å²) < 4.78 is 15.4. The normalized spacial score (nSPS) is 13.3. The van der Waals surface area contributed by atoms with Gasteiger partial charge in [-0.1, -0.05) is 24.3 Å². The number of hydrogen-bond donors (Lipinski definition) is 0. The van der Waals surface area contributed by atoms with Crippen LogP contribution in [0.2, 0.25) is 0 Å². The van der Waals surface area contributed by atoms with Crippen LogP contribution < -0.4 is 4.90 Å². The number of amides is 1. The summed E-state index contributed by atoms with van der Waals surface area (Å²) in [6, 6.07) is 13.8. The van der Waals surface area contributed by atoms with Gasteiger partial charge in [-0.05, 0) is 56.5 Å². The van der Waals surface area contributed by atoms with Crippen molar-refractivity contribution in [2.24, 2.45) is 0 Å². The minimum Gasteiger partial charge on any atom is -0.305 e. The summed E-state index contributed by atoms with van der Waals surface area (Å²) in [6.07, 6.45) is 1.50. The van der Waals surface area contributed by atoms with Gasteiger partial charge in [0.25, 0.3) is 11.7 Å². The third-order valence-corrected chi connectivity index (χ3v) is 5.12. The molecule has 1 aliphatic rings. The quantitative estimate of drug-likeness (QED) is 0.515. The first-order valence-corrected chi connectivity index (χ1v) is 9.23. The van der Waals surface area contributed by atoms with Crippen molar-refractivity contribution in [2.75, 3.05) is 11.4 Å². The molecule has 0 saturated heterocycles. The first-order valence-electron chi connectivity index (χ1n) is 9.23. The fourth-order valence-corrected chi connectivity index (χ4v) is 3.78. The van der Waals surface area contributed by atoms with Crippen LogP contribution in [-0.4, -0.2) is 28.0 Å². The molecule has 28 heavy (non-hydrogen) atoms. The van der Waals surface area contributed by atoms with Gasteiger partial charge in [0, 0.05) is 6.54 Å². The maximum absolute atomic E-state index is 13.7. The van der Waals surface area contributed by atoms with E-state index >= 15 is 0 Å². The van der Waals surface area contributed by atoms with E-state index in [2.05, 4.69) is 5.10 Å². The number of fused-ring (bicyclic) bond motifs is 1. The molecule has 0 bridgehead atoms. The zero-order valence-corrected chi connectivity index (χ0v) is 15.8. The van der Waals surface area contributed by atoms with Crippen LogP contribution in [0.4, 0.5) is 10.1 Å². The topological polar surface area (TPSA) is 55.2 Å². The molecule has 2 aromatic carbocycles. The fourth-order valence-electron chi connectivity index (χ4n) is 3.78. The number of rotatable bonds is 3. The lowest BCUT2D eigenvalue weighted by molar-refractivity contribution is -0.114. The van der Waals surface area contributed by atoms with Gasteiger partial charge in [-0.25, -0.2) is 9.07 Å². The number of carbonyl (C=O) groups excluding carboxylic acids is 2. The second-order valence-electron chi connectivity index (χ2n) is 6.96. The molecule has 0 spiro atoms. The van der Waals surface area contributed by atoms with Crippen molar-refractivity contribution in [3.63, 3.8) is 0 Å². The molecule has 5 nitrogen and oxygen atoms in total. The molecule has 1 aromatic heterocycles. The van der Waals surface area contributed by atoms with Crippen LogP contribution in [0.3, 0.4) is 0 Å². The molecule has 1 amide bonds. The number of carbonyl (C=O) groups is 2. The Hall–Kier alpha value is -3.28. The van der Waals surface area contributed by atoms with Crippen LogP contribution in [0.1, 0.15) is 33.7 Å². The minimum absolute atomic E-state index is 0.303. The van der Waals surface area contributed by atoms with Crippen LogP contribution in [0.5, 0.6) is 0 Å². The number of nitrogens with zero attached hydrogens (tertiary/aromatic N) is 3. The number of Topliss-reactive ketones (excluding diaryl/α,β-unsaturated/α-hetero) is 1. The van der Waals surface area contributed by atoms with Gasteiger partial charge in [-0.2, -0.15) is 5.10 Å². The van der Waals surface area contributed by atoms with Gasteiger partial charge in [0.2, 0.25) is 0 Å². The molecule has 2 heterocycles. The van der Waals surface area contributed by atoms with Gasteiger partial charge < -0.3 is 4.90 Å². The molecule has 0 atom stereocenters. The molecule has 0 unspecified atom stereocenters. The Morgan fingerprint density at radius 1 is 1.07 bits per heavy atom. The number of hydrogen-bond acceptors (Lipinski definition) is 3. The highest BCUT2D eigenvalue weighted by Gasteiger charge is 2.32. The Morgan fingerprint density at radius 3 is 2.57 bits per heavy atom. The summed E-state index contributed by atoms with van der Waals surface area (Å²) in [5, 5.41) is 4.45. The molecule has 0 fully saturated rings. The van der Waals surface area contributed by atoms with E-state index in [1.807, 2.05) is 30.3 Å². The molecule has 142 valence electrons. The lowest BCUT2D eigenvalue weighted by Gasteiger charge is -2.29. The lowest BCUT2D eigenvalue weighted by atomic mass is 10.00. The highest BCUT2D eigenvalue weighted by molar-refractivity contribution is 6.47. The highest BCUT2D eigenvalue weighted by Crippen LogP contribution is 2.29. The molecular weight excluding hydrogens is 357 g/mol. The van der Waals surface area contributed by atoms with Crippen molar-refractivity contribution in [2.45, 2.75) is 26.7 Å². The average molecular weight is 377 g/mol. The molecule has 0 N–H and O–H groups in total. The van der Waals surface area contributed by atoms with E-state index in [-0.39, 0.29) is 0 Å². The van der Waals surface area contributed by atoms with E-state index in [1.54, 1.807) is 24.6 Å². The Morgan fingerprint density at radius 2 is 1.82 bits per heavy atom. The standard InChI is InChI=1S/C22H20FN3O2/c1-14-20(15(2)26(24-14)18-8-4-3-5-9-18)21(27)22(28)25-12-6-7-16-10-11-17(23)13-19(16)25/h3-5,8-11,13H,6-7,12H2,1-2H3. The largest absolute Gasteiger partial charge is 0.305 e. The summed E-state index contributed by atoms with van der Waals surface area (Å²) in [5.41, 5.74) is 3.59. The second-order valence-corrected chi connectivity index (χ2v) is 6.96. The Bertz CT molecular complexity index is 1070. The smallest absolute Gasteiger partial charge is 0.299 e. The summed E-state index contributed by atoms with van der Waals surface area (Å²) in [6.45, 7) is 3.89. The van der Waals surface area contributed by atoms with Crippen LogP contribution >= 0.6 is 0 Å². The molecule has 0 radical (unpaired) electrons. The first-order chi connectivity index (χ1) is 13.5. The van der Waals surface area contributed by atoms with Crippen LogP contribution in [0.15, 0.2) is 48.5 Å². The number of benzene rings is 2. The van der Waals surface area contributed by atoms with E-state index in [0.717, 1.165) is 24.1 Å². The highest BCUT2D eigenvalue weighted by atomic mass is 19.1. The number of halogens is 1. The lowest BCUT2D eigenvalue weighted by Crippen LogP contribution is -2.40. The zero-order chi connectivity index (χ0) is 19.8. The van der Waals surface area contributed by atoms with E-state index in [9.17, 15) is 14.0 Å². The molecule has 1 aliphatic heterocycles. The maximum atomic E-state index is 13.7. The first kappa shape index (κ1) is 18.1. The third kappa shape index (κ3) is 3.01. The molecule has 0 aliphatic carbocycles. The van der Waals surface area contributed by atoms with Gasteiger partial charge in [0.15, 0.2) is 0 Å². The van der Waals surface area contributed by atoms with Crippen LogP contribution in [-0.2, 0) is 11.2 Å². The Kier molecular flexibility index (Phi) is 4.55. The summed E-state index contributed by atoms with van der Waals surface area (Å²) in [5.74, 6) is -1.69. The van der Waals surface area contributed by atoms with Crippen molar-refractivity contribution in [3.05, 3.63) is 76.9 Å². The van der Waals surface area contributed by atoms with E-state index in [1.165, 1.54) is 17.0 Å². The number of anilines is 1. The molecule has 0 saturated carbocycles. The van der Waals surface area contributed by atoms with Gasteiger partial charge in [0.1, 0.15) is 5.82 Å². The maximum Gasteiger partial charge on any atom is 0.299 e. The summed E-state index contributed by atoms with van der Waals surface area (Å²) in [7, 11) is 0. The molecule has 3 aromatic rings. The number of ketones is 1. The van der Waals surface area contributed by atoms with Gasteiger partial charge in [-0.15, -0.1) is 0 Å². The molecule has 6 heteroatoms. The molecular formula is C22H20FN3O2. The van der Waals surface area contributed by atoms with Crippen molar-refractivity contribution in [1.82, 2.24) is 9.78 Å². The second kappa shape index (κ2) is 7.03. The number of aryl methyl sites for hydroxylation is 2. The SMILES string of the molecule is Cc1nn(-c2ccccc2)c(C)c1C(=O)C(=O)N1CCCc2ccc(F)cc21. The number of aromatic nitrogens is 2. The summed E-state index contributed by atoms with van der Waals surface area (Å²) in [4.78, 5) is 27.5. The zero-order valence-electron chi connectivity index (χ0n) is 15.8. The minimum atomic E-state index is -0.648. The van der Waals surface area contributed by atoms with Crippen molar-refractivity contribution >= 4 is 17.4 Å². The summed E-state index contributed by atoms with van der Waals surface area (Å²) >= 11 is 0. The third-order valence-electron chi connectivity index (χ3n) is 5.12. The molecule has 4 rings (SSSR count). The van der Waals surface area contributed by atoms with Crippen molar-refractivity contribution in [1.29, 1.82) is 0 Å². The average Bonchev–Trinajstić information content (AvgIpc) is 3.01. The van der Waals surface area contributed by atoms with Gasteiger partial charge in [0.05, 0.1) is 28.3 Å². The predicted molar refractivity (Wildman–Crippen MR) is 104 cm³/mol. The Balaban J connectivity index is 1.71. The van der Waals surface area contributed by atoms with Crippen molar-refractivity contribution in [3.8, 4) is 5.69 Å². The Labute approximate surface area is 162 Å². The van der Waals surface area contributed by atoms with E-state index < -0.39 is 17.5 Å². The number of para-hydroxylation sites is 1. The van der Waals surface area contributed by atoms with Crippen LogP contribution in [0, 0.1) is 19.7 Å². The predicted octanol–water partition coefficient (Wildman–Crippen LogP) is 3.79. The van der Waals surface area contributed by atoms with Gasteiger partial charge >= 0.3 is 0 Å². The van der Waals surface area contributed by atoms with Crippen LogP contribution in [0.25, 0.3) is 5.69 Å². The van der Waals surface area contributed by atoms with Gasteiger partial charge in [-0.3, -0.25) is 9.59 Å². The van der Waals surface area contributed by atoms with E-state index in [0.29, 0.717) is 29.2 Å². The monoisotopic (exact) mass is 377 g/mol. The van der Waals surface area contributed by atoms with Crippen molar-refractivity contribution < 1.29 is 14.0 Å². The van der Waals surface area contributed by atoms with E-state index in [4.69, 9.17) is 0 Å².